The molecule has 164 valence electrons. The van der Waals surface area contributed by atoms with E-state index < -0.39 is 5.91 Å². The van der Waals surface area contributed by atoms with Gasteiger partial charge in [0.15, 0.2) is 5.78 Å². The van der Waals surface area contributed by atoms with Gasteiger partial charge in [0.2, 0.25) is 0 Å². The van der Waals surface area contributed by atoms with Crippen LogP contribution < -0.4 is 21.3 Å². The molecule has 4 N–H and O–H groups in total. The molecule has 9 heteroatoms. The molecule has 0 saturated carbocycles. The molecule has 0 spiro atoms. The van der Waals surface area contributed by atoms with Crippen molar-refractivity contribution in [2.75, 3.05) is 41.7 Å². The minimum atomic E-state index is -0.517. The predicted octanol–water partition coefficient (Wildman–Crippen LogP) is 4.11. The molecule has 1 fully saturated rings. The number of amides is 1. The molecule has 0 radical (unpaired) electrons. The van der Waals surface area contributed by atoms with Crippen LogP contribution in [0.5, 0.6) is 0 Å². The third-order valence-electron chi connectivity index (χ3n) is 5.89. The molecule has 32 heavy (non-hydrogen) atoms. The highest BCUT2D eigenvalue weighted by Crippen LogP contribution is 2.39. The number of aromatic nitrogens is 1. The van der Waals surface area contributed by atoms with Crippen LogP contribution >= 0.6 is 22.7 Å². The number of hydrogen-bond acceptors (Lipinski definition) is 8. The molecule has 1 saturated heterocycles. The van der Waals surface area contributed by atoms with Crippen LogP contribution in [0, 0.1) is 0 Å². The van der Waals surface area contributed by atoms with Gasteiger partial charge < -0.3 is 21.3 Å². The third kappa shape index (κ3) is 3.57. The maximum absolute atomic E-state index is 11.8. The lowest BCUT2D eigenvalue weighted by molar-refractivity contribution is 0.0999. The summed E-state index contributed by atoms with van der Waals surface area (Å²) in [5.41, 5.74) is 14.0. The standard InChI is InChI=1S/C23H23N5O2S2/c1-13(29)14-3-4-17-15(11-14)12-18(31-17)28-8-2-7-27(9-10-28)16-5-6-26-23-19(16)20(24)21(32-23)22(25)30/h3-6,11-12H,2,7-10,24H2,1H3,(H2,25,30). The average Bonchev–Trinajstić information content (AvgIpc) is 3.25. The first-order valence-corrected chi connectivity index (χ1v) is 12.1. The SMILES string of the molecule is CC(=O)c1ccc2sc(N3CCCN(c4ccnc5sc(C(N)=O)c(N)c45)CC3)cc2c1. The van der Waals surface area contributed by atoms with E-state index in [0.717, 1.165) is 59.5 Å². The van der Waals surface area contributed by atoms with E-state index in [1.807, 2.05) is 24.3 Å². The van der Waals surface area contributed by atoms with Crippen LogP contribution in [-0.4, -0.2) is 42.9 Å². The van der Waals surface area contributed by atoms with Crippen molar-refractivity contribution in [1.29, 1.82) is 0 Å². The van der Waals surface area contributed by atoms with Crippen molar-refractivity contribution >= 4 is 71.0 Å². The van der Waals surface area contributed by atoms with E-state index in [2.05, 4.69) is 20.9 Å². The molecule has 0 atom stereocenters. The number of carbonyl (C=O) groups is 2. The first-order chi connectivity index (χ1) is 15.4. The van der Waals surface area contributed by atoms with Crippen LogP contribution in [0.3, 0.4) is 0 Å². The maximum atomic E-state index is 11.8. The van der Waals surface area contributed by atoms with Gasteiger partial charge in [0.1, 0.15) is 9.71 Å². The minimum Gasteiger partial charge on any atom is -0.397 e. The van der Waals surface area contributed by atoms with Crippen molar-refractivity contribution in [3.63, 3.8) is 0 Å². The van der Waals surface area contributed by atoms with Gasteiger partial charge in [-0.25, -0.2) is 4.98 Å². The summed E-state index contributed by atoms with van der Waals surface area (Å²) in [4.78, 5) is 33.7. The second-order valence-electron chi connectivity index (χ2n) is 7.94. The van der Waals surface area contributed by atoms with Crippen LogP contribution in [-0.2, 0) is 0 Å². The molecule has 0 bridgehead atoms. The predicted molar refractivity (Wildman–Crippen MR) is 133 cm³/mol. The van der Waals surface area contributed by atoms with E-state index >= 15 is 0 Å². The van der Waals surface area contributed by atoms with Gasteiger partial charge in [-0.1, -0.05) is 0 Å². The second-order valence-corrected chi connectivity index (χ2v) is 10.0. The van der Waals surface area contributed by atoms with Crippen LogP contribution in [0.15, 0.2) is 36.5 Å². The molecule has 4 aromatic rings. The number of Topliss-reactive ketones (excluding diaryl/α,β-unsaturated/α-hetero) is 1. The monoisotopic (exact) mass is 465 g/mol. The molecule has 5 rings (SSSR count). The van der Waals surface area contributed by atoms with E-state index in [1.54, 1.807) is 24.5 Å². The number of anilines is 3. The van der Waals surface area contributed by atoms with Gasteiger partial charge in [-0.3, -0.25) is 9.59 Å². The molecule has 1 aliphatic heterocycles. The molecule has 1 amide bonds. The highest BCUT2D eigenvalue weighted by atomic mass is 32.1. The van der Waals surface area contributed by atoms with Crippen molar-refractivity contribution < 1.29 is 9.59 Å². The lowest BCUT2D eigenvalue weighted by atomic mass is 10.1. The molecule has 1 aliphatic rings. The number of hydrogen-bond donors (Lipinski definition) is 2. The van der Waals surface area contributed by atoms with E-state index in [9.17, 15) is 9.59 Å². The number of nitrogens with zero attached hydrogens (tertiary/aromatic N) is 3. The summed E-state index contributed by atoms with van der Waals surface area (Å²) in [5, 5.41) is 3.14. The number of fused-ring (bicyclic) bond motifs is 2. The molecular formula is C23H23N5O2S2. The highest BCUT2D eigenvalue weighted by Gasteiger charge is 2.23. The quantitative estimate of drug-likeness (QED) is 0.440. The summed E-state index contributed by atoms with van der Waals surface area (Å²) in [5.74, 6) is -0.433. The van der Waals surface area contributed by atoms with Gasteiger partial charge in [-0.2, -0.15) is 0 Å². The van der Waals surface area contributed by atoms with Crippen molar-refractivity contribution in [2.45, 2.75) is 13.3 Å². The Morgan fingerprint density at radius 3 is 2.59 bits per heavy atom. The van der Waals surface area contributed by atoms with E-state index in [0.29, 0.717) is 10.6 Å². The third-order valence-corrected chi connectivity index (χ3v) is 8.19. The maximum Gasteiger partial charge on any atom is 0.260 e. The van der Waals surface area contributed by atoms with E-state index in [-0.39, 0.29) is 5.78 Å². The summed E-state index contributed by atoms with van der Waals surface area (Å²) < 4.78 is 1.19. The summed E-state index contributed by atoms with van der Waals surface area (Å²) >= 11 is 3.01. The lowest BCUT2D eigenvalue weighted by Crippen LogP contribution is -2.30. The fourth-order valence-corrected chi connectivity index (χ4v) is 6.29. The van der Waals surface area contributed by atoms with Crippen LogP contribution in [0.2, 0.25) is 0 Å². The van der Waals surface area contributed by atoms with Gasteiger partial charge in [0.05, 0.1) is 21.8 Å². The van der Waals surface area contributed by atoms with Crippen LogP contribution in [0.1, 0.15) is 33.4 Å². The zero-order chi connectivity index (χ0) is 22.4. The molecule has 0 unspecified atom stereocenters. The summed E-state index contributed by atoms with van der Waals surface area (Å²) in [6.45, 7) is 5.12. The molecule has 3 aromatic heterocycles. The number of thiophene rings is 2. The van der Waals surface area contributed by atoms with Crippen LogP contribution in [0.4, 0.5) is 16.4 Å². The first kappa shape index (κ1) is 20.7. The van der Waals surface area contributed by atoms with Gasteiger partial charge in [0, 0.05) is 42.6 Å². The number of ketones is 1. The van der Waals surface area contributed by atoms with Crippen LogP contribution in [0.25, 0.3) is 20.3 Å². The van der Waals surface area contributed by atoms with Gasteiger partial charge in [-0.15, -0.1) is 22.7 Å². The number of nitrogens with two attached hydrogens (primary N) is 2. The fraction of sp³-hybridized carbons (Fsp3) is 0.261. The Bertz CT molecular complexity index is 1360. The van der Waals surface area contributed by atoms with E-state index in [1.165, 1.54) is 21.0 Å². The smallest absolute Gasteiger partial charge is 0.260 e. The topological polar surface area (TPSA) is 106 Å². The number of carbonyl (C=O) groups excluding carboxylic acids is 2. The average molecular weight is 466 g/mol. The Labute approximate surface area is 193 Å². The molecule has 7 nitrogen and oxygen atoms in total. The number of benzene rings is 1. The highest BCUT2D eigenvalue weighted by molar-refractivity contribution is 7.22. The number of primary amides is 1. The Morgan fingerprint density at radius 1 is 1.03 bits per heavy atom. The van der Waals surface area contributed by atoms with Gasteiger partial charge in [0.25, 0.3) is 5.91 Å². The normalized spacial score (nSPS) is 14.8. The van der Waals surface area contributed by atoms with Crippen molar-refractivity contribution in [3.8, 4) is 0 Å². The Morgan fingerprint density at radius 2 is 1.81 bits per heavy atom. The van der Waals surface area contributed by atoms with Crippen molar-refractivity contribution in [1.82, 2.24) is 4.98 Å². The zero-order valence-corrected chi connectivity index (χ0v) is 19.3. The Kier molecular flexibility index (Phi) is 5.22. The number of rotatable bonds is 4. The Balaban J connectivity index is 1.42. The Hall–Kier alpha value is -3.17. The molecule has 1 aromatic carbocycles. The summed E-state index contributed by atoms with van der Waals surface area (Å²) in [7, 11) is 0. The fourth-order valence-electron chi connectivity index (χ4n) is 4.26. The lowest BCUT2D eigenvalue weighted by Gasteiger charge is -2.24. The minimum absolute atomic E-state index is 0.0842. The zero-order valence-electron chi connectivity index (χ0n) is 17.6. The summed E-state index contributed by atoms with van der Waals surface area (Å²) in [6.07, 6.45) is 2.75. The van der Waals surface area contributed by atoms with Crippen molar-refractivity contribution in [3.05, 3.63) is 47.0 Å². The second kappa shape index (κ2) is 8.07. The largest absolute Gasteiger partial charge is 0.397 e. The number of nitrogen functional groups attached to an aromatic ring is 1. The van der Waals surface area contributed by atoms with Gasteiger partial charge in [-0.05, 0) is 49.1 Å². The van der Waals surface area contributed by atoms with Crippen molar-refractivity contribution in [2.24, 2.45) is 5.73 Å². The number of pyridine rings is 1. The molecule has 0 aliphatic carbocycles. The molecular weight excluding hydrogens is 442 g/mol. The summed E-state index contributed by atoms with van der Waals surface area (Å²) in [6, 6.07) is 10.1. The molecule has 4 heterocycles. The first-order valence-electron chi connectivity index (χ1n) is 10.4. The van der Waals surface area contributed by atoms with Gasteiger partial charge >= 0.3 is 0 Å². The van der Waals surface area contributed by atoms with E-state index in [4.69, 9.17) is 11.5 Å².